The summed E-state index contributed by atoms with van der Waals surface area (Å²) in [5.41, 5.74) is 1.36. The Bertz CT molecular complexity index is 980. The van der Waals surface area contributed by atoms with E-state index in [0.29, 0.717) is 22.7 Å². The van der Waals surface area contributed by atoms with Crippen molar-refractivity contribution in [1.82, 2.24) is 4.90 Å². The number of fused-ring (bicyclic) bond motifs is 2. The van der Waals surface area contributed by atoms with Gasteiger partial charge in [-0.15, -0.1) is 0 Å². The van der Waals surface area contributed by atoms with Gasteiger partial charge < -0.3 is 0 Å². The minimum atomic E-state index is 0.331. The molecule has 0 aromatic carbocycles. The molecule has 3 nitrogen and oxygen atoms in total. The van der Waals surface area contributed by atoms with Crippen molar-refractivity contribution < 1.29 is 0 Å². The molecule has 4 unspecified atom stereocenters. The van der Waals surface area contributed by atoms with Gasteiger partial charge in [-0.3, -0.25) is 4.90 Å². The third-order valence-corrected chi connectivity index (χ3v) is 16.3. The number of hydrogen-bond acceptors (Lipinski definition) is 3. The quantitative estimate of drug-likeness (QED) is 0.339. The van der Waals surface area contributed by atoms with Gasteiger partial charge in [0.25, 0.3) is 0 Å². The molecule has 8 fully saturated rings. The van der Waals surface area contributed by atoms with E-state index in [-0.39, 0.29) is 0 Å². The number of piperidine rings is 2. The number of rotatable bonds is 4. The van der Waals surface area contributed by atoms with Crippen molar-refractivity contribution in [3.63, 3.8) is 0 Å². The maximum Gasteiger partial charge on any atom is 0.0655 e. The van der Waals surface area contributed by atoms with E-state index in [9.17, 15) is 10.5 Å². The third-order valence-electron chi connectivity index (χ3n) is 16.3. The average molecular weight is 570 g/mol. The Morgan fingerprint density at radius 1 is 0.476 bits per heavy atom. The first-order valence-corrected chi connectivity index (χ1v) is 19.1. The van der Waals surface area contributed by atoms with Crippen LogP contribution in [0.2, 0.25) is 0 Å². The summed E-state index contributed by atoms with van der Waals surface area (Å²) in [5.74, 6) is 8.29. The van der Waals surface area contributed by atoms with Crippen LogP contribution in [0.1, 0.15) is 141 Å². The number of hydrogen-bond donors (Lipinski definition) is 0. The topological polar surface area (TPSA) is 50.8 Å². The Labute approximate surface area is 257 Å². The van der Waals surface area contributed by atoms with Crippen LogP contribution in [0, 0.1) is 92.7 Å². The van der Waals surface area contributed by atoms with Gasteiger partial charge in [-0.2, -0.15) is 10.5 Å². The Kier molecular flexibility index (Phi) is 7.70. The number of nitrogens with zero attached hydrogens (tertiary/aromatic N) is 3. The fourth-order valence-corrected chi connectivity index (χ4v) is 14.2. The molecule has 6 saturated carbocycles. The molecule has 0 amide bonds. The highest BCUT2D eigenvalue weighted by atomic mass is 15.2. The van der Waals surface area contributed by atoms with Crippen LogP contribution in [0.25, 0.3) is 0 Å². The van der Waals surface area contributed by atoms with E-state index in [0.717, 1.165) is 79.1 Å². The van der Waals surface area contributed by atoms with E-state index in [1.807, 2.05) is 0 Å². The highest BCUT2D eigenvalue weighted by Gasteiger charge is 2.62. The van der Waals surface area contributed by atoms with Crippen LogP contribution < -0.4 is 0 Å². The van der Waals surface area contributed by atoms with Crippen molar-refractivity contribution in [3.8, 4) is 12.1 Å². The highest BCUT2D eigenvalue weighted by molar-refractivity contribution is 5.13. The molecule has 230 valence electrons. The van der Waals surface area contributed by atoms with Crippen LogP contribution >= 0.6 is 0 Å². The van der Waals surface area contributed by atoms with Gasteiger partial charge in [0.2, 0.25) is 0 Å². The summed E-state index contributed by atoms with van der Waals surface area (Å²) < 4.78 is 0. The first-order chi connectivity index (χ1) is 20.6. The van der Waals surface area contributed by atoms with E-state index in [2.05, 4.69) is 17.0 Å². The van der Waals surface area contributed by atoms with E-state index in [1.54, 1.807) is 44.9 Å². The van der Waals surface area contributed by atoms with Crippen LogP contribution in [0.4, 0.5) is 0 Å². The van der Waals surface area contributed by atoms with Crippen LogP contribution in [0.15, 0.2) is 0 Å². The lowest BCUT2D eigenvalue weighted by molar-refractivity contribution is -0.0558. The largest absolute Gasteiger partial charge is 0.300 e. The summed E-state index contributed by atoms with van der Waals surface area (Å²) in [4.78, 5) is 2.94. The van der Waals surface area contributed by atoms with Gasteiger partial charge in [0.1, 0.15) is 0 Å². The molecule has 0 aromatic heterocycles. The summed E-state index contributed by atoms with van der Waals surface area (Å²) in [6.07, 6.45) is 31.5. The lowest BCUT2D eigenvalue weighted by Crippen LogP contribution is -2.56. The first-order valence-electron chi connectivity index (χ1n) is 19.1. The Morgan fingerprint density at radius 3 is 1.33 bits per heavy atom. The SMILES string of the molecule is N#CC1CCC(C2CC(C3CCC(C#N)CC3)CC(C34CCC(C5CC6CCCN7CCCC(C5)C67)(CC3)C4)C2)CC1. The molecule has 42 heavy (non-hydrogen) atoms. The second kappa shape index (κ2) is 11.4. The molecule has 2 saturated heterocycles. The third kappa shape index (κ3) is 4.90. The summed E-state index contributed by atoms with van der Waals surface area (Å²) in [6.45, 7) is 2.80. The minimum Gasteiger partial charge on any atom is -0.300 e. The normalized spacial score (nSPS) is 52.7. The summed E-state index contributed by atoms with van der Waals surface area (Å²) >= 11 is 0. The van der Waals surface area contributed by atoms with Crippen molar-refractivity contribution in [2.24, 2.45) is 70.0 Å². The Balaban J connectivity index is 1.000. The molecule has 0 spiro atoms. The summed E-state index contributed by atoms with van der Waals surface area (Å²) in [6, 6.07) is 6.18. The van der Waals surface area contributed by atoms with E-state index in [1.165, 1.54) is 83.7 Å². The van der Waals surface area contributed by atoms with Crippen molar-refractivity contribution in [2.45, 2.75) is 147 Å². The van der Waals surface area contributed by atoms with E-state index >= 15 is 0 Å². The van der Waals surface area contributed by atoms with Crippen molar-refractivity contribution in [3.05, 3.63) is 0 Å². The predicted octanol–water partition coefficient (Wildman–Crippen LogP) is 9.53. The van der Waals surface area contributed by atoms with Crippen molar-refractivity contribution in [2.75, 3.05) is 13.1 Å². The fourth-order valence-electron chi connectivity index (χ4n) is 14.2. The number of nitriles is 2. The lowest BCUT2D eigenvalue weighted by Gasteiger charge is -2.56. The van der Waals surface area contributed by atoms with Gasteiger partial charge in [0.05, 0.1) is 12.1 Å². The second-order valence-corrected chi connectivity index (χ2v) is 17.8. The van der Waals surface area contributed by atoms with Gasteiger partial charge in [-0.1, -0.05) is 0 Å². The Morgan fingerprint density at radius 2 is 0.905 bits per heavy atom. The molecule has 0 radical (unpaired) electrons. The molecule has 3 heteroatoms. The van der Waals surface area contributed by atoms with E-state index < -0.39 is 0 Å². The summed E-state index contributed by atoms with van der Waals surface area (Å²) in [7, 11) is 0. The molecule has 8 aliphatic rings. The van der Waals surface area contributed by atoms with Crippen LogP contribution in [0.3, 0.4) is 0 Å². The van der Waals surface area contributed by atoms with Gasteiger partial charge in [-0.25, -0.2) is 0 Å². The van der Waals surface area contributed by atoms with Gasteiger partial charge >= 0.3 is 0 Å². The van der Waals surface area contributed by atoms with Crippen molar-refractivity contribution in [1.29, 1.82) is 10.5 Å². The molecule has 2 heterocycles. The van der Waals surface area contributed by atoms with Gasteiger partial charge in [-0.05, 0) is 213 Å². The van der Waals surface area contributed by atoms with Crippen LogP contribution in [-0.4, -0.2) is 24.0 Å². The first kappa shape index (κ1) is 28.4. The predicted molar refractivity (Wildman–Crippen MR) is 168 cm³/mol. The Hall–Kier alpha value is -1.06. The maximum absolute atomic E-state index is 9.57. The smallest absolute Gasteiger partial charge is 0.0655 e. The zero-order valence-corrected chi connectivity index (χ0v) is 26.7. The van der Waals surface area contributed by atoms with Crippen molar-refractivity contribution >= 4 is 0 Å². The van der Waals surface area contributed by atoms with Gasteiger partial charge in [0.15, 0.2) is 0 Å². The second-order valence-electron chi connectivity index (χ2n) is 17.8. The van der Waals surface area contributed by atoms with E-state index in [4.69, 9.17) is 0 Å². The van der Waals surface area contributed by atoms with Crippen LogP contribution in [-0.2, 0) is 0 Å². The fraction of sp³-hybridized carbons (Fsp3) is 0.949. The molecule has 6 aliphatic carbocycles. The zero-order chi connectivity index (χ0) is 28.3. The maximum atomic E-state index is 9.57. The highest BCUT2D eigenvalue weighted by Crippen LogP contribution is 2.72. The molecule has 0 aromatic rings. The monoisotopic (exact) mass is 569 g/mol. The molecule has 2 aliphatic heterocycles. The molecule has 0 N–H and O–H groups in total. The molecule has 8 rings (SSSR count). The minimum absolute atomic E-state index is 0.331. The molecular weight excluding hydrogens is 510 g/mol. The van der Waals surface area contributed by atoms with Crippen LogP contribution in [0.5, 0.6) is 0 Å². The van der Waals surface area contributed by atoms with Gasteiger partial charge in [0, 0.05) is 17.9 Å². The lowest BCUT2D eigenvalue weighted by atomic mass is 9.56. The molecule has 4 atom stereocenters. The zero-order valence-electron chi connectivity index (χ0n) is 26.7. The molecule has 2 bridgehead atoms. The average Bonchev–Trinajstić information content (AvgIpc) is 3.65. The summed E-state index contributed by atoms with van der Waals surface area (Å²) in [5, 5.41) is 19.1. The molecular formula is C39H59N3. The standard InChI is InChI=1S/C39H59N3/c40-24-27-5-9-29(10-6-27)33-19-34(30-11-7-28(25-41)8-12-30)23-36(22-33)39-15-13-38(26-39,14-16-39)35-20-31-3-1-17-42-18-2-4-32(21-35)37(31)42/h27-37H,1-23,26H2.